The zero-order chi connectivity index (χ0) is 19.7. The van der Waals surface area contributed by atoms with Crippen LogP contribution in [0.15, 0.2) is 54.6 Å². The predicted octanol–water partition coefficient (Wildman–Crippen LogP) is 4.61. The fourth-order valence-corrected chi connectivity index (χ4v) is 3.16. The Kier molecular flexibility index (Phi) is 4.61. The van der Waals surface area contributed by atoms with Crippen LogP contribution in [0.3, 0.4) is 0 Å². The maximum Gasteiger partial charge on any atom is 0.223 e. The minimum absolute atomic E-state index is 0.160. The first-order valence-electron chi connectivity index (χ1n) is 8.89. The fourth-order valence-electron chi connectivity index (χ4n) is 3.16. The van der Waals surface area contributed by atoms with E-state index >= 15 is 0 Å². The van der Waals surface area contributed by atoms with Crippen molar-refractivity contribution in [3.05, 3.63) is 77.2 Å². The number of nitrogens with zero attached hydrogens (tertiary/aromatic N) is 3. The summed E-state index contributed by atoms with van der Waals surface area (Å²) in [6.07, 6.45) is 0. The van der Waals surface area contributed by atoms with Crippen LogP contribution in [-0.4, -0.2) is 15.0 Å². The van der Waals surface area contributed by atoms with Gasteiger partial charge in [0.05, 0.1) is 11.2 Å². The van der Waals surface area contributed by atoms with Crippen LogP contribution in [0.25, 0.3) is 22.2 Å². The van der Waals surface area contributed by atoms with Crippen LogP contribution in [0, 0.1) is 19.7 Å². The summed E-state index contributed by atoms with van der Waals surface area (Å²) in [7, 11) is 0. The van der Waals surface area contributed by atoms with E-state index in [4.69, 9.17) is 15.5 Å². The molecular weight excluding hydrogens is 355 g/mol. The third-order valence-electron chi connectivity index (χ3n) is 4.48. The molecule has 0 saturated heterocycles. The highest BCUT2D eigenvalue weighted by atomic mass is 19.1. The molecule has 0 spiro atoms. The number of halogens is 1. The molecule has 0 unspecified atom stereocenters. The standard InChI is InChI=1S/C22H19FN4O/c1-13-5-3-4-6-18(13)21-16(10-15-11-17(23)7-8-19(15)26-21)12-28-20-9-14(2)25-22(24)27-20/h3-11H,12H2,1-2H3,(H2,24,25,27). The summed E-state index contributed by atoms with van der Waals surface area (Å²) < 4.78 is 19.6. The molecule has 0 atom stereocenters. The van der Waals surface area contributed by atoms with Crippen molar-refractivity contribution in [2.24, 2.45) is 0 Å². The van der Waals surface area contributed by atoms with E-state index in [0.29, 0.717) is 11.3 Å². The molecule has 5 nitrogen and oxygen atoms in total. The fraction of sp³-hybridized carbons (Fsp3) is 0.136. The van der Waals surface area contributed by atoms with Crippen LogP contribution in [0.1, 0.15) is 16.8 Å². The largest absolute Gasteiger partial charge is 0.473 e. The SMILES string of the molecule is Cc1cc(OCc2cc3cc(F)ccc3nc2-c2ccccc2C)nc(N)n1. The van der Waals surface area contributed by atoms with E-state index < -0.39 is 0 Å². The van der Waals surface area contributed by atoms with Crippen LogP contribution in [0.2, 0.25) is 0 Å². The number of nitrogen functional groups attached to an aromatic ring is 1. The Bertz CT molecular complexity index is 1160. The topological polar surface area (TPSA) is 73.9 Å². The summed E-state index contributed by atoms with van der Waals surface area (Å²) in [6.45, 7) is 4.08. The molecule has 2 heterocycles. The average molecular weight is 374 g/mol. The van der Waals surface area contributed by atoms with Crippen LogP contribution >= 0.6 is 0 Å². The first kappa shape index (κ1) is 17.9. The van der Waals surface area contributed by atoms with Gasteiger partial charge in [-0.05, 0) is 43.7 Å². The Morgan fingerprint density at radius 1 is 0.964 bits per heavy atom. The van der Waals surface area contributed by atoms with Gasteiger partial charge in [0.1, 0.15) is 12.4 Å². The Hall–Kier alpha value is -3.54. The van der Waals surface area contributed by atoms with Crippen molar-refractivity contribution < 1.29 is 9.13 Å². The first-order chi connectivity index (χ1) is 13.5. The van der Waals surface area contributed by atoms with Crippen molar-refractivity contribution in [3.8, 4) is 17.1 Å². The van der Waals surface area contributed by atoms with Crippen LogP contribution in [0.4, 0.5) is 10.3 Å². The lowest BCUT2D eigenvalue weighted by molar-refractivity contribution is 0.294. The molecule has 140 valence electrons. The number of nitrogens with two attached hydrogens (primary N) is 1. The van der Waals surface area contributed by atoms with E-state index in [9.17, 15) is 4.39 Å². The molecule has 0 aliphatic carbocycles. The van der Waals surface area contributed by atoms with Crippen molar-refractivity contribution in [2.75, 3.05) is 5.73 Å². The number of aromatic nitrogens is 3. The highest BCUT2D eigenvalue weighted by Crippen LogP contribution is 2.29. The summed E-state index contributed by atoms with van der Waals surface area (Å²) >= 11 is 0. The zero-order valence-corrected chi connectivity index (χ0v) is 15.6. The molecule has 0 fully saturated rings. The van der Waals surface area contributed by atoms with Crippen molar-refractivity contribution in [3.63, 3.8) is 0 Å². The predicted molar refractivity (Wildman–Crippen MR) is 107 cm³/mol. The van der Waals surface area contributed by atoms with Crippen molar-refractivity contribution >= 4 is 16.9 Å². The molecular formula is C22H19FN4O. The number of benzene rings is 2. The molecule has 28 heavy (non-hydrogen) atoms. The molecule has 0 bridgehead atoms. The van der Waals surface area contributed by atoms with Gasteiger partial charge in [-0.1, -0.05) is 24.3 Å². The van der Waals surface area contributed by atoms with Gasteiger partial charge >= 0.3 is 0 Å². The van der Waals surface area contributed by atoms with Crippen LogP contribution in [0.5, 0.6) is 5.88 Å². The van der Waals surface area contributed by atoms with Gasteiger partial charge in [0.2, 0.25) is 11.8 Å². The zero-order valence-electron chi connectivity index (χ0n) is 15.6. The molecule has 4 aromatic rings. The molecule has 0 aliphatic heterocycles. The van der Waals surface area contributed by atoms with Gasteiger partial charge in [-0.15, -0.1) is 0 Å². The second kappa shape index (κ2) is 7.23. The number of rotatable bonds is 4. The number of hydrogen-bond donors (Lipinski definition) is 1. The highest BCUT2D eigenvalue weighted by molar-refractivity contribution is 5.84. The van der Waals surface area contributed by atoms with Gasteiger partial charge < -0.3 is 10.5 Å². The molecule has 0 saturated carbocycles. The number of anilines is 1. The lowest BCUT2D eigenvalue weighted by Crippen LogP contribution is -2.04. The normalized spacial score (nSPS) is 11.0. The summed E-state index contributed by atoms with van der Waals surface area (Å²) in [6, 6.07) is 16.2. The second-order valence-electron chi connectivity index (χ2n) is 6.64. The van der Waals surface area contributed by atoms with Gasteiger partial charge in [-0.25, -0.2) is 14.4 Å². The number of fused-ring (bicyclic) bond motifs is 1. The van der Waals surface area contributed by atoms with Crippen molar-refractivity contribution in [1.82, 2.24) is 15.0 Å². The van der Waals surface area contributed by atoms with Gasteiger partial charge in [-0.2, -0.15) is 4.98 Å². The number of ether oxygens (including phenoxy) is 1. The Morgan fingerprint density at radius 2 is 1.79 bits per heavy atom. The van der Waals surface area contributed by atoms with E-state index in [-0.39, 0.29) is 18.4 Å². The highest BCUT2D eigenvalue weighted by Gasteiger charge is 2.13. The Morgan fingerprint density at radius 3 is 2.57 bits per heavy atom. The Balaban J connectivity index is 1.80. The maximum absolute atomic E-state index is 13.7. The van der Waals surface area contributed by atoms with Gasteiger partial charge in [-0.3, -0.25) is 0 Å². The number of aryl methyl sites for hydroxylation is 2. The monoisotopic (exact) mass is 374 g/mol. The number of hydrogen-bond acceptors (Lipinski definition) is 5. The summed E-state index contributed by atoms with van der Waals surface area (Å²) in [5, 5.41) is 0.717. The van der Waals surface area contributed by atoms with Crippen molar-refractivity contribution in [1.29, 1.82) is 0 Å². The third-order valence-corrected chi connectivity index (χ3v) is 4.48. The molecule has 6 heteroatoms. The van der Waals surface area contributed by atoms with E-state index in [0.717, 1.165) is 33.6 Å². The molecule has 0 aliphatic rings. The molecule has 2 N–H and O–H groups in total. The van der Waals surface area contributed by atoms with Crippen LogP contribution in [-0.2, 0) is 6.61 Å². The first-order valence-corrected chi connectivity index (χ1v) is 8.89. The number of pyridine rings is 1. The van der Waals surface area contributed by atoms with E-state index in [2.05, 4.69) is 9.97 Å². The minimum atomic E-state index is -0.302. The minimum Gasteiger partial charge on any atom is -0.473 e. The second-order valence-corrected chi connectivity index (χ2v) is 6.64. The molecule has 2 aromatic carbocycles. The summed E-state index contributed by atoms with van der Waals surface area (Å²) in [4.78, 5) is 12.9. The smallest absolute Gasteiger partial charge is 0.223 e. The van der Waals surface area contributed by atoms with E-state index in [1.165, 1.54) is 12.1 Å². The lowest BCUT2D eigenvalue weighted by atomic mass is 10.00. The van der Waals surface area contributed by atoms with Crippen molar-refractivity contribution in [2.45, 2.75) is 20.5 Å². The average Bonchev–Trinajstić information content (AvgIpc) is 2.65. The third kappa shape index (κ3) is 3.62. The van der Waals surface area contributed by atoms with Crippen LogP contribution < -0.4 is 10.5 Å². The molecule has 4 rings (SSSR count). The Labute approximate surface area is 162 Å². The summed E-state index contributed by atoms with van der Waals surface area (Å²) in [5.41, 5.74) is 10.9. The van der Waals surface area contributed by atoms with Gasteiger partial charge in [0.25, 0.3) is 0 Å². The maximum atomic E-state index is 13.7. The molecule has 2 aromatic heterocycles. The molecule has 0 amide bonds. The van der Waals surface area contributed by atoms with E-state index in [1.807, 2.05) is 44.2 Å². The lowest BCUT2D eigenvalue weighted by Gasteiger charge is -2.14. The molecule has 0 radical (unpaired) electrons. The van der Waals surface area contributed by atoms with Gasteiger partial charge in [0, 0.05) is 28.3 Å². The summed E-state index contributed by atoms with van der Waals surface area (Å²) in [5.74, 6) is 0.247. The van der Waals surface area contributed by atoms with E-state index in [1.54, 1.807) is 12.1 Å². The van der Waals surface area contributed by atoms with Gasteiger partial charge in [0.15, 0.2) is 0 Å². The quantitative estimate of drug-likeness (QED) is 0.565.